The van der Waals surface area contributed by atoms with Gasteiger partial charge in [-0.05, 0) is 6.07 Å². The highest BCUT2D eigenvalue weighted by atomic mass is 19.4. The predicted octanol–water partition coefficient (Wildman–Crippen LogP) is 1.91. The Labute approximate surface area is 87.5 Å². The Balaban J connectivity index is 3.12. The molecule has 0 radical (unpaired) electrons. The molecule has 16 heavy (non-hydrogen) atoms. The van der Waals surface area contributed by atoms with Crippen molar-refractivity contribution in [3.05, 3.63) is 17.5 Å². The first kappa shape index (κ1) is 12.9. The number of aliphatic hydroxyl groups is 1. The van der Waals surface area contributed by atoms with Gasteiger partial charge in [0.2, 0.25) is 0 Å². The van der Waals surface area contributed by atoms with E-state index in [1.165, 1.54) is 0 Å². The van der Waals surface area contributed by atoms with Gasteiger partial charge in [0.1, 0.15) is 5.69 Å². The van der Waals surface area contributed by atoms with Crippen LogP contribution in [0.5, 0.6) is 0 Å². The number of aromatic nitrogens is 2. The normalized spacial score (nSPS) is 13.2. The Hall–Kier alpha value is -1.18. The number of aryl methyl sites for hydroxylation is 1. The molecule has 0 saturated carbocycles. The summed E-state index contributed by atoms with van der Waals surface area (Å²) in [5.74, 6) is -3.53. The maximum absolute atomic E-state index is 13.2. The van der Waals surface area contributed by atoms with Crippen LogP contribution < -0.4 is 0 Å². The highest BCUT2D eigenvalue weighted by Gasteiger charge is 2.40. The van der Waals surface area contributed by atoms with Crippen LogP contribution in [0.3, 0.4) is 0 Å². The molecular formula is C8H9F5N2O. The lowest BCUT2D eigenvalue weighted by Gasteiger charge is -2.14. The SMILES string of the molecule is Cn1nc(C(F)(F)F)cc1C(F)(F)CCO. The van der Waals surface area contributed by atoms with Gasteiger partial charge in [-0.2, -0.15) is 27.1 Å². The van der Waals surface area contributed by atoms with Crippen molar-refractivity contribution < 1.29 is 27.1 Å². The zero-order valence-electron chi connectivity index (χ0n) is 8.22. The van der Waals surface area contributed by atoms with Crippen molar-refractivity contribution in [1.82, 2.24) is 9.78 Å². The molecule has 1 aromatic rings. The average molecular weight is 244 g/mol. The average Bonchev–Trinajstić information content (AvgIpc) is 2.46. The molecule has 0 aromatic carbocycles. The fourth-order valence-electron chi connectivity index (χ4n) is 1.22. The van der Waals surface area contributed by atoms with E-state index in [1.54, 1.807) is 0 Å². The number of nitrogens with zero attached hydrogens (tertiary/aromatic N) is 2. The van der Waals surface area contributed by atoms with E-state index in [-0.39, 0.29) is 6.07 Å². The standard InChI is InChI=1S/C8H9F5N2O/c1-15-6(7(9,10)2-3-16)4-5(14-15)8(11,12)13/h4,16H,2-3H2,1H3. The summed E-state index contributed by atoms with van der Waals surface area (Å²) in [7, 11) is 0.996. The van der Waals surface area contributed by atoms with Gasteiger partial charge in [-0.25, -0.2) is 0 Å². The maximum Gasteiger partial charge on any atom is 0.435 e. The van der Waals surface area contributed by atoms with Crippen LogP contribution in [0.1, 0.15) is 17.8 Å². The van der Waals surface area contributed by atoms with Crippen LogP contribution in [0, 0.1) is 0 Å². The Morgan fingerprint density at radius 1 is 1.31 bits per heavy atom. The quantitative estimate of drug-likeness (QED) is 0.825. The van der Waals surface area contributed by atoms with Gasteiger partial charge in [0.05, 0.1) is 0 Å². The predicted molar refractivity (Wildman–Crippen MR) is 43.8 cm³/mol. The van der Waals surface area contributed by atoms with Crippen molar-refractivity contribution in [3.8, 4) is 0 Å². The molecule has 0 bridgehead atoms. The highest BCUT2D eigenvalue weighted by Crippen LogP contribution is 2.35. The first-order chi connectivity index (χ1) is 7.18. The van der Waals surface area contributed by atoms with Gasteiger partial charge < -0.3 is 5.11 Å². The van der Waals surface area contributed by atoms with Crippen LogP contribution in [0.15, 0.2) is 6.07 Å². The maximum atomic E-state index is 13.2. The fraction of sp³-hybridized carbons (Fsp3) is 0.625. The Bertz CT molecular complexity index is 371. The van der Waals surface area contributed by atoms with Gasteiger partial charge in [0, 0.05) is 20.1 Å². The van der Waals surface area contributed by atoms with Crippen LogP contribution in [0.25, 0.3) is 0 Å². The van der Waals surface area contributed by atoms with Crippen molar-refractivity contribution in [2.24, 2.45) is 7.05 Å². The van der Waals surface area contributed by atoms with Gasteiger partial charge in [0.25, 0.3) is 5.92 Å². The third-order valence-electron chi connectivity index (χ3n) is 1.97. The van der Waals surface area contributed by atoms with E-state index >= 15 is 0 Å². The molecule has 92 valence electrons. The molecule has 0 saturated heterocycles. The van der Waals surface area contributed by atoms with E-state index in [1.807, 2.05) is 0 Å². The summed E-state index contributed by atoms with van der Waals surface area (Å²) >= 11 is 0. The van der Waals surface area contributed by atoms with Crippen LogP contribution in [0.2, 0.25) is 0 Å². The fourth-order valence-corrected chi connectivity index (χ4v) is 1.22. The molecule has 1 aromatic heterocycles. The Morgan fingerprint density at radius 3 is 2.25 bits per heavy atom. The molecule has 0 fully saturated rings. The first-order valence-electron chi connectivity index (χ1n) is 4.29. The summed E-state index contributed by atoms with van der Waals surface area (Å²) in [6, 6.07) is 0.287. The molecule has 0 aliphatic rings. The lowest BCUT2D eigenvalue weighted by Crippen LogP contribution is -2.19. The number of aliphatic hydroxyl groups excluding tert-OH is 1. The summed E-state index contributed by atoms with van der Waals surface area (Å²) in [6.07, 6.45) is -5.70. The van der Waals surface area contributed by atoms with Crippen molar-refractivity contribution in [1.29, 1.82) is 0 Å². The second-order valence-electron chi connectivity index (χ2n) is 3.21. The van der Waals surface area contributed by atoms with E-state index in [0.717, 1.165) is 7.05 Å². The second-order valence-corrected chi connectivity index (χ2v) is 3.21. The first-order valence-corrected chi connectivity index (χ1v) is 4.29. The molecule has 0 atom stereocenters. The Morgan fingerprint density at radius 2 is 1.88 bits per heavy atom. The number of alkyl halides is 5. The number of hydrogen-bond acceptors (Lipinski definition) is 2. The summed E-state index contributed by atoms with van der Waals surface area (Å²) in [4.78, 5) is 0. The van der Waals surface area contributed by atoms with Gasteiger partial charge in [0.15, 0.2) is 5.69 Å². The summed E-state index contributed by atoms with van der Waals surface area (Å²) < 4.78 is 63.5. The van der Waals surface area contributed by atoms with Crippen LogP contribution >= 0.6 is 0 Å². The largest absolute Gasteiger partial charge is 0.435 e. The minimum atomic E-state index is -4.76. The Kier molecular flexibility index (Phi) is 3.22. The van der Waals surface area contributed by atoms with E-state index in [0.29, 0.717) is 4.68 Å². The van der Waals surface area contributed by atoms with E-state index in [9.17, 15) is 22.0 Å². The lowest BCUT2D eigenvalue weighted by atomic mass is 10.1. The highest BCUT2D eigenvalue weighted by molar-refractivity contribution is 5.17. The number of halogens is 5. The zero-order chi connectivity index (χ0) is 12.6. The van der Waals surface area contributed by atoms with Gasteiger partial charge >= 0.3 is 6.18 Å². The van der Waals surface area contributed by atoms with Crippen LogP contribution in [-0.4, -0.2) is 21.5 Å². The molecule has 1 N–H and O–H groups in total. The monoisotopic (exact) mass is 244 g/mol. The molecule has 0 aliphatic carbocycles. The molecule has 0 unspecified atom stereocenters. The van der Waals surface area contributed by atoms with Gasteiger partial charge in [-0.15, -0.1) is 0 Å². The second kappa shape index (κ2) is 4.00. The molecule has 3 nitrogen and oxygen atoms in total. The third-order valence-corrected chi connectivity index (χ3v) is 1.97. The molecule has 1 rings (SSSR count). The zero-order valence-corrected chi connectivity index (χ0v) is 8.22. The summed E-state index contributed by atoms with van der Waals surface area (Å²) in [5.41, 5.74) is -2.24. The van der Waals surface area contributed by atoms with Crippen LogP contribution in [-0.2, 0) is 19.1 Å². The molecule has 0 aliphatic heterocycles. The summed E-state index contributed by atoms with van der Waals surface area (Å²) in [6.45, 7) is -0.820. The molecule has 8 heteroatoms. The van der Waals surface area contributed by atoms with Crippen molar-refractivity contribution in [3.63, 3.8) is 0 Å². The molecular weight excluding hydrogens is 235 g/mol. The smallest absolute Gasteiger partial charge is 0.396 e. The topological polar surface area (TPSA) is 38.0 Å². The van der Waals surface area contributed by atoms with Crippen molar-refractivity contribution >= 4 is 0 Å². The van der Waals surface area contributed by atoms with E-state index in [4.69, 9.17) is 5.11 Å². The van der Waals surface area contributed by atoms with Crippen LogP contribution in [0.4, 0.5) is 22.0 Å². The van der Waals surface area contributed by atoms with Crippen molar-refractivity contribution in [2.75, 3.05) is 6.61 Å². The number of hydrogen-bond donors (Lipinski definition) is 1. The van der Waals surface area contributed by atoms with E-state index < -0.39 is 36.5 Å². The van der Waals surface area contributed by atoms with Crippen molar-refractivity contribution in [2.45, 2.75) is 18.5 Å². The summed E-state index contributed by atoms with van der Waals surface area (Å²) in [5, 5.41) is 11.3. The molecule has 0 spiro atoms. The third kappa shape index (κ3) is 2.49. The molecule has 0 amide bonds. The van der Waals surface area contributed by atoms with E-state index in [2.05, 4.69) is 5.10 Å². The lowest BCUT2D eigenvalue weighted by molar-refractivity contribution is -0.141. The minimum Gasteiger partial charge on any atom is -0.396 e. The minimum absolute atomic E-state index is 0.287. The van der Waals surface area contributed by atoms with Gasteiger partial charge in [-0.3, -0.25) is 4.68 Å². The molecule has 1 heterocycles. The number of rotatable bonds is 3. The van der Waals surface area contributed by atoms with Gasteiger partial charge in [-0.1, -0.05) is 0 Å².